The molecular formula is C11H14FNS2. The van der Waals surface area contributed by atoms with Crippen molar-refractivity contribution in [2.45, 2.75) is 9.83 Å². The molecular weight excluding hydrogens is 229 g/mol. The van der Waals surface area contributed by atoms with Gasteiger partial charge in [0.15, 0.2) is 0 Å². The highest BCUT2D eigenvalue weighted by Crippen LogP contribution is 2.37. The lowest BCUT2D eigenvalue weighted by molar-refractivity contribution is 0.625. The molecule has 1 nitrogen and oxygen atoms in total. The van der Waals surface area contributed by atoms with Gasteiger partial charge in [-0.25, -0.2) is 4.39 Å². The van der Waals surface area contributed by atoms with Crippen LogP contribution in [0.25, 0.3) is 0 Å². The maximum Gasteiger partial charge on any atom is 0.123 e. The van der Waals surface area contributed by atoms with Crippen molar-refractivity contribution >= 4 is 23.5 Å². The molecule has 1 saturated heterocycles. The number of halogens is 1. The van der Waals surface area contributed by atoms with Crippen LogP contribution in [0.1, 0.15) is 10.8 Å². The van der Waals surface area contributed by atoms with Gasteiger partial charge in [-0.1, -0.05) is 12.1 Å². The Hall–Kier alpha value is -0.190. The third kappa shape index (κ3) is 2.89. The van der Waals surface area contributed by atoms with E-state index in [4.69, 9.17) is 0 Å². The second kappa shape index (κ2) is 5.23. The molecule has 1 aliphatic rings. The van der Waals surface area contributed by atoms with Gasteiger partial charge in [-0.05, 0) is 24.0 Å². The average Bonchev–Trinajstić information content (AvgIpc) is 2.30. The Kier molecular flexibility index (Phi) is 3.94. The summed E-state index contributed by atoms with van der Waals surface area (Å²) in [7, 11) is 0. The summed E-state index contributed by atoms with van der Waals surface area (Å²) in [5.41, 5.74) is 1.22. The first kappa shape index (κ1) is 11.3. The van der Waals surface area contributed by atoms with Gasteiger partial charge >= 0.3 is 0 Å². The number of hydrogen-bond donors (Lipinski definition) is 1. The SMILES string of the molecule is CSC1CNCC(c2ccc(F)cc2)S1. The van der Waals surface area contributed by atoms with E-state index in [2.05, 4.69) is 11.6 Å². The fraction of sp³-hybridized carbons (Fsp3) is 0.455. The zero-order valence-corrected chi connectivity index (χ0v) is 10.2. The van der Waals surface area contributed by atoms with E-state index < -0.39 is 0 Å². The first-order valence-electron chi connectivity index (χ1n) is 4.94. The van der Waals surface area contributed by atoms with E-state index in [-0.39, 0.29) is 5.82 Å². The number of hydrogen-bond acceptors (Lipinski definition) is 3. The Morgan fingerprint density at radius 3 is 2.73 bits per heavy atom. The number of benzene rings is 1. The highest BCUT2D eigenvalue weighted by molar-refractivity contribution is 8.16. The summed E-state index contributed by atoms with van der Waals surface area (Å²) in [6, 6.07) is 6.85. The molecule has 0 aliphatic carbocycles. The molecule has 1 heterocycles. The molecule has 0 bridgehead atoms. The molecule has 0 aromatic heterocycles. The lowest BCUT2D eigenvalue weighted by Gasteiger charge is -2.28. The molecule has 2 unspecified atom stereocenters. The van der Waals surface area contributed by atoms with Crippen molar-refractivity contribution in [3.05, 3.63) is 35.6 Å². The first-order chi connectivity index (χ1) is 7.29. The number of thioether (sulfide) groups is 2. The lowest BCUT2D eigenvalue weighted by atomic mass is 10.1. The molecule has 0 spiro atoms. The average molecular weight is 243 g/mol. The van der Waals surface area contributed by atoms with Crippen LogP contribution < -0.4 is 5.32 Å². The van der Waals surface area contributed by atoms with Crippen molar-refractivity contribution < 1.29 is 4.39 Å². The topological polar surface area (TPSA) is 12.0 Å². The molecule has 1 N–H and O–H groups in total. The zero-order valence-electron chi connectivity index (χ0n) is 8.57. The quantitative estimate of drug-likeness (QED) is 0.858. The van der Waals surface area contributed by atoms with E-state index in [0.29, 0.717) is 9.83 Å². The van der Waals surface area contributed by atoms with Crippen molar-refractivity contribution in [1.82, 2.24) is 5.32 Å². The maximum absolute atomic E-state index is 12.8. The molecule has 1 fully saturated rings. The van der Waals surface area contributed by atoms with Crippen molar-refractivity contribution in [3.63, 3.8) is 0 Å². The van der Waals surface area contributed by atoms with Crippen LogP contribution in [0.3, 0.4) is 0 Å². The van der Waals surface area contributed by atoms with Crippen LogP contribution >= 0.6 is 23.5 Å². The Morgan fingerprint density at radius 2 is 2.07 bits per heavy atom. The predicted octanol–water partition coefficient (Wildman–Crippen LogP) is 2.89. The Labute approximate surface area is 98.2 Å². The lowest BCUT2D eigenvalue weighted by Crippen LogP contribution is -2.32. The predicted molar refractivity (Wildman–Crippen MR) is 66.9 cm³/mol. The minimum atomic E-state index is -0.158. The molecule has 0 amide bonds. The molecule has 15 heavy (non-hydrogen) atoms. The maximum atomic E-state index is 12.8. The molecule has 2 rings (SSSR count). The summed E-state index contributed by atoms with van der Waals surface area (Å²) in [5.74, 6) is -0.158. The summed E-state index contributed by atoms with van der Waals surface area (Å²) >= 11 is 3.84. The van der Waals surface area contributed by atoms with Gasteiger partial charge in [0.05, 0.1) is 4.58 Å². The van der Waals surface area contributed by atoms with Gasteiger partial charge in [0.25, 0.3) is 0 Å². The highest BCUT2D eigenvalue weighted by Gasteiger charge is 2.22. The smallest absolute Gasteiger partial charge is 0.123 e. The van der Waals surface area contributed by atoms with E-state index in [1.54, 1.807) is 12.1 Å². The van der Waals surface area contributed by atoms with E-state index >= 15 is 0 Å². The Bertz CT molecular complexity index is 315. The number of rotatable bonds is 2. The standard InChI is InChI=1S/C11H14FNS2/c1-14-11-7-13-6-10(15-11)8-2-4-9(12)5-3-8/h2-5,10-11,13H,6-7H2,1H3. The molecule has 0 radical (unpaired) electrons. The van der Waals surface area contributed by atoms with Crippen LogP contribution in [0.2, 0.25) is 0 Å². The summed E-state index contributed by atoms with van der Waals surface area (Å²) in [5, 5.41) is 3.87. The fourth-order valence-corrected chi connectivity index (χ4v) is 3.86. The van der Waals surface area contributed by atoms with Gasteiger partial charge in [-0.2, -0.15) is 0 Å². The zero-order chi connectivity index (χ0) is 10.7. The summed E-state index contributed by atoms with van der Waals surface area (Å²) in [6.07, 6.45) is 2.13. The van der Waals surface area contributed by atoms with Gasteiger partial charge < -0.3 is 5.32 Å². The Morgan fingerprint density at radius 1 is 1.33 bits per heavy atom. The normalized spacial score (nSPS) is 26.5. The van der Waals surface area contributed by atoms with Gasteiger partial charge in [0.2, 0.25) is 0 Å². The highest BCUT2D eigenvalue weighted by atomic mass is 32.2. The molecule has 82 valence electrons. The van der Waals surface area contributed by atoms with Gasteiger partial charge in [0.1, 0.15) is 5.82 Å². The molecule has 2 atom stereocenters. The monoisotopic (exact) mass is 243 g/mol. The second-order valence-corrected chi connectivity index (χ2v) is 6.25. The number of nitrogens with one attached hydrogen (secondary N) is 1. The second-order valence-electron chi connectivity index (χ2n) is 3.50. The molecule has 4 heteroatoms. The minimum Gasteiger partial charge on any atom is -0.313 e. The molecule has 1 aliphatic heterocycles. The first-order valence-corrected chi connectivity index (χ1v) is 7.17. The molecule has 1 aromatic rings. The molecule has 1 aromatic carbocycles. The van der Waals surface area contributed by atoms with E-state index in [1.165, 1.54) is 5.56 Å². The third-order valence-corrected chi connectivity index (χ3v) is 5.30. The van der Waals surface area contributed by atoms with Crippen LogP contribution in [-0.4, -0.2) is 23.9 Å². The molecule has 0 saturated carbocycles. The van der Waals surface area contributed by atoms with Gasteiger partial charge in [-0.3, -0.25) is 0 Å². The van der Waals surface area contributed by atoms with Gasteiger partial charge in [-0.15, -0.1) is 23.5 Å². The van der Waals surface area contributed by atoms with Crippen LogP contribution in [0.15, 0.2) is 24.3 Å². The summed E-state index contributed by atoms with van der Waals surface area (Å²) in [4.78, 5) is 0. The minimum absolute atomic E-state index is 0.158. The van der Waals surface area contributed by atoms with Crippen LogP contribution in [0.4, 0.5) is 4.39 Å². The van der Waals surface area contributed by atoms with Crippen molar-refractivity contribution in [1.29, 1.82) is 0 Å². The fourth-order valence-electron chi connectivity index (χ4n) is 1.62. The van der Waals surface area contributed by atoms with E-state index in [0.717, 1.165) is 13.1 Å². The van der Waals surface area contributed by atoms with E-state index in [9.17, 15) is 4.39 Å². The van der Waals surface area contributed by atoms with E-state index in [1.807, 2.05) is 35.7 Å². The van der Waals surface area contributed by atoms with Crippen LogP contribution in [-0.2, 0) is 0 Å². The van der Waals surface area contributed by atoms with Crippen LogP contribution in [0.5, 0.6) is 0 Å². The Balaban J connectivity index is 2.06. The van der Waals surface area contributed by atoms with Crippen LogP contribution in [0, 0.1) is 5.82 Å². The van der Waals surface area contributed by atoms with Gasteiger partial charge in [0, 0.05) is 18.3 Å². The van der Waals surface area contributed by atoms with Crippen molar-refractivity contribution in [2.24, 2.45) is 0 Å². The van der Waals surface area contributed by atoms with Crippen molar-refractivity contribution in [3.8, 4) is 0 Å². The third-order valence-electron chi connectivity index (χ3n) is 2.46. The summed E-state index contributed by atoms with van der Waals surface area (Å²) in [6.45, 7) is 2.04. The summed E-state index contributed by atoms with van der Waals surface area (Å²) < 4.78 is 13.4. The largest absolute Gasteiger partial charge is 0.313 e. The van der Waals surface area contributed by atoms with Crippen molar-refractivity contribution in [2.75, 3.05) is 19.3 Å².